The molecule has 0 saturated heterocycles. The van der Waals surface area contributed by atoms with Gasteiger partial charge in [-0.15, -0.1) is 0 Å². The van der Waals surface area contributed by atoms with Crippen molar-refractivity contribution >= 4 is 25.4 Å². The van der Waals surface area contributed by atoms with Gasteiger partial charge in [-0.25, -0.2) is 0 Å². The van der Waals surface area contributed by atoms with E-state index in [2.05, 4.69) is 10.0 Å². The van der Waals surface area contributed by atoms with Crippen LogP contribution in [0.1, 0.15) is 18.5 Å². The van der Waals surface area contributed by atoms with Crippen molar-refractivity contribution in [1.29, 1.82) is 0 Å². The fraction of sp³-hybridized carbons (Fsp3) is 0.235. The minimum absolute atomic E-state index is 0.00537. The van der Waals surface area contributed by atoms with Gasteiger partial charge in [0.25, 0.3) is 0 Å². The first-order valence-electron chi connectivity index (χ1n) is 7.15. The standard InChI is InChI=1S/C17H17N3O2Se/c1-13(21)22-12-16(23-15-10-6-3-7-11-15)17(19-20-18)14-8-4-2-5-9-14/h2-11,16-17H,12H2,1H3/t16-,17+/m0/s1. The van der Waals surface area contributed by atoms with Crippen molar-refractivity contribution < 1.29 is 9.53 Å². The molecule has 0 heterocycles. The number of carbonyl (C=O) groups excluding carboxylic acids is 1. The number of azide groups is 1. The Morgan fingerprint density at radius 2 is 1.78 bits per heavy atom. The zero-order chi connectivity index (χ0) is 16.5. The SMILES string of the molecule is CC(=O)OC[C@H]([Se]c1ccccc1)[C@H](N=[N+]=[N-])c1ccccc1. The van der Waals surface area contributed by atoms with Crippen LogP contribution in [0.4, 0.5) is 0 Å². The third-order valence-electron chi connectivity index (χ3n) is 3.15. The Balaban J connectivity index is 2.28. The summed E-state index contributed by atoms with van der Waals surface area (Å²) >= 11 is 0.00537. The first kappa shape index (κ1) is 17.1. The van der Waals surface area contributed by atoms with Crippen molar-refractivity contribution in [2.75, 3.05) is 6.61 Å². The molecule has 23 heavy (non-hydrogen) atoms. The van der Waals surface area contributed by atoms with Crippen molar-refractivity contribution in [2.45, 2.75) is 17.8 Å². The molecule has 0 aliphatic carbocycles. The summed E-state index contributed by atoms with van der Waals surface area (Å²) in [5.41, 5.74) is 9.88. The maximum absolute atomic E-state index is 11.2. The van der Waals surface area contributed by atoms with Gasteiger partial charge in [-0.3, -0.25) is 0 Å². The number of hydrogen-bond acceptors (Lipinski definition) is 3. The summed E-state index contributed by atoms with van der Waals surface area (Å²) in [6.45, 7) is 1.63. The van der Waals surface area contributed by atoms with E-state index in [0.29, 0.717) is 0 Å². The molecular weight excluding hydrogens is 357 g/mol. The molecule has 0 amide bonds. The molecule has 0 aliphatic rings. The number of esters is 1. The van der Waals surface area contributed by atoms with Gasteiger partial charge in [0.2, 0.25) is 0 Å². The third kappa shape index (κ3) is 5.46. The fourth-order valence-electron chi connectivity index (χ4n) is 2.12. The molecule has 2 aromatic rings. The van der Waals surface area contributed by atoms with E-state index in [-0.39, 0.29) is 38.4 Å². The Morgan fingerprint density at radius 3 is 2.35 bits per heavy atom. The number of nitrogens with zero attached hydrogens (tertiary/aromatic N) is 3. The normalized spacial score (nSPS) is 12.7. The fourth-order valence-corrected chi connectivity index (χ4v) is 4.52. The van der Waals surface area contributed by atoms with Gasteiger partial charge in [0.15, 0.2) is 0 Å². The van der Waals surface area contributed by atoms with Crippen LogP contribution in [0.2, 0.25) is 4.82 Å². The van der Waals surface area contributed by atoms with E-state index < -0.39 is 0 Å². The summed E-state index contributed by atoms with van der Waals surface area (Å²) in [6, 6.07) is 19.2. The molecule has 2 atom stereocenters. The molecule has 0 spiro atoms. The van der Waals surface area contributed by atoms with Gasteiger partial charge in [0.1, 0.15) is 0 Å². The molecule has 0 aliphatic heterocycles. The summed E-state index contributed by atoms with van der Waals surface area (Å²) in [4.78, 5) is 14.1. The van der Waals surface area contributed by atoms with Crippen LogP contribution in [0.25, 0.3) is 10.4 Å². The molecular formula is C17H17N3O2Se. The first-order valence-corrected chi connectivity index (χ1v) is 8.99. The maximum atomic E-state index is 11.2. The van der Waals surface area contributed by atoms with E-state index in [4.69, 9.17) is 10.3 Å². The van der Waals surface area contributed by atoms with Crippen molar-refractivity contribution in [3.8, 4) is 0 Å². The Bertz CT molecular complexity index is 673. The molecule has 6 heteroatoms. The predicted octanol–water partition coefficient (Wildman–Crippen LogP) is 3.42. The molecule has 118 valence electrons. The van der Waals surface area contributed by atoms with Crippen molar-refractivity contribution in [3.63, 3.8) is 0 Å². The third-order valence-corrected chi connectivity index (χ3v) is 5.75. The van der Waals surface area contributed by atoms with E-state index in [1.54, 1.807) is 0 Å². The Hall–Kier alpha value is -2.26. The Labute approximate surface area is 141 Å². The second-order valence-corrected chi connectivity index (χ2v) is 7.59. The molecule has 0 aromatic heterocycles. The number of benzene rings is 2. The number of carbonyl (C=O) groups is 1. The summed E-state index contributed by atoms with van der Waals surface area (Å²) in [5.74, 6) is -0.327. The van der Waals surface area contributed by atoms with Crippen LogP contribution in [0.3, 0.4) is 0 Å². The van der Waals surface area contributed by atoms with Gasteiger partial charge in [-0.05, 0) is 0 Å². The van der Waals surface area contributed by atoms with E-state index in [1.165, 1.54) is 11.4 Å². The minimum atomic E-state index is -0.360. The van der Waals surface area contributed by atoms with Gasteiger partial charge >= 0.3 is 141 Å². The second-order valence-electron chi connectivity index (χ2n) is 4.83. The zero-order valence-corrected chi connectivity index (χ0v) is 14.4. The Kier molecular flexibility index (Phi) is 6.70. The number of ether oxygens (including phenoxy) is 1. The van der Waals surface area contributed by atoms with Gasteiger partial charge in [-0.1, -0.05) is 0 Å². The quantitative estimate of drug-likeness (QED) is 0.245. The van der Waals surface area contributed by atoms with Gasteiger partial charge < -0.3 is 0 Å². The number of hydrogen-bond donors (Lipinski definition) is 0. The van der Waals surface area contributed by atoms with Crippen molar-refractivity contribution in [1.82, 2.24) is 0 Å². The average molecular weight is 374 g/mol. The van der Waals surface area contributed by atoms with Crippen LogP contribution in [0.5, 0.6) is 0 Å². The molecule has 5 nitrogen and oxygen atoms in total. The molecule has 2 aromatic carbocycles. The predicted molar refractivity (Wildman–Crippen MR) is 90.5 cm³/mol. The van der Waals surface area contributed by atoms with Crippen LogP contribution in [0.15, 0.2) is 65.8 Å². The molecule has 0 unspecified atom stereocenters. The van der Waals surface area contributed by atoms with Gasteiger partial charge in [0.05, 0.1) is 0 Å². The van der Waals surface area contributed by atoms with Gasteiger partial charge in [0, 0.05) is 0 Å². The van der Waals surface area contributed by atoms with Crippen LogP contribution in [0, 0.1) is 0 Å². The summed E-state index contributed by atoms with van der Waals surface area (Å²) < 4.78 is 6.39. The van der Waals surface area contributed by atoms with Gasteiger partial charge in [-0.2, -0.15) is 0 Å². The second kappa shape index (κ2) is 9.01. The number of rotatable bonds is 7. The zero-order valence-electron chi connectivity index (χ0n) is 12.7. The summed E-state index contributed by atoms with van der Waals surface area (Å²) in [5, 5.41) is 3.97. The average Bonchev–Trinajstić information content (AvgIpc) is 2.58. The van der Waals surface area contributed by atoms with Crippen molar-refractivity contribution in [3.05, 3.63) is 76.7 Å². The molecule has 0 fully saturated rings. The van der Waals surface area contributed by atoms with Crippen LogP contribution in [-0.2, 0) is 9.53 Å². The van der Waals surface area contributed by atoms with E-state index in [0.717, 1.165) is 5.56 Å². The molecule has 0 saturated carbocycles. The molecule has 0 N–H and O–H groups in total. The van der Waals surface area contributed by atoms with E-state index in [9.17, 15) is 4.79 Å². The topological polar surface area (TPSA) is 75.1 Å². The monoisotopic (exact) mass is 375 g/mol. The molecule has 0 bridgehead atoms. The molecule has 2 rings (SSSR count). The van der Waals surface area contributed by atoms with Crippen LogP contribution >= 0.6 is 0 Å². The van der Waals surface area contributed by atoms with Crippen LogP contribution in [-0.4, -0.2) is 27.5 Å². The summed E-state index contributed by atoms with van der Waals surface area (Å²) in [7, 11) is 0. The van der Waals surface area contributed by atoms with Crippen LogP contribution < -0.4 is 4.46 Å². The van der Waals surface area contributed by atoms with E-state index >= 15 is 0 Å². The molecule has 0 radical (unpaired) electrons. The van der Waals surface area contributed by atoms with E-state index in [1.807, 2.05) is 60.7 Å². The Morgan fingerprint density at radius 1 is 1.17 bits per heavy atom. The first-order chi connectivity index (χ1) is 11.2. The summed E-state index contributed by atoms with van der Waals surface area (Å²) in [6.07, 6.45) is 0. The van der Waals surface area contributed by atoms with Crippen molar-refractivity contribution in [2.24, 2.45) is 5.11 Å².